The number of halogens is 4. The summed E-state index contributed by atoms with van der Waals surface area (Å²) in [6.45, 7) is 0. The third kappa shape index (κ3) is 3.19. The molecule has 0 bridgehead atoms. The molecule has 2 atom stereocenters. The van der Waals surface area contributed by atoms with Gasteiger partial charge >= 0.3 is 0 Å². The lowest BCUT2D eigenvalue weighted by atomic mass is 10.1. The third-order valence-electron chi connectivity index (χ3n) is 4.99. The van der Waals surface area contributed by atoms with E-state index in [0.29, 0.717) is 34.5 Å². The van der Waals surface area contributed by atoms with Crippen LogP contribution < -0.4 is 0 Å². The third-order valence-corrected chi connectivity index (χ3v) is 4.99. The van der Waals surface area contributed by atoms with Crippen LogP contribution >= 0.6 is 0 Å². The minimum atomic E-state index is -1.39. The van der Waals surface area contributed by atoms with Gasteiger partial charge in [0.25, 0.3) is 5.95 Å². The van der Waals surface area contributed by atoms with Crippen molar-refractivity contribution >= 4 is 0 Å². The summed E-state index contributed by atoms with van der Waals surface area (Å²) in [7, 11) is 0. The maximum Gasteiger partial charge on any atom is 0.268 e. The lowest BCUT2D eigenvalue weighted by Crippen LogP contribution is -2.03. The van der Waals surface area contributed by atoms with Crippen molar-refractivity contribution in [1.82, 2.24) is 29.7 Å². The van der Waals surface area contributed by atoms with E-state index in [1.807, 2.05) is 0 Å². The first-order valence-corrected chi connectivity index (χ1v) is 9.00. The van der Waals surface area contributed by atoms with Gasteiger partial charge in [-0.15, -0.1) is 5.10 Å². The molecule has 0 N–H and O–H groups in total. The molecule has 1 aliphatic rings. The first-order chi connectivity index (χ1) is 14.5. The van der Waals surface area contributed by atoms with Crippen LogP contribution in [0.25, 0.3) is 17.3 Å². The fourth-order valence-electron chi connectivity index (χ4n) is 3.42. The molecule has 1 aliphatic carbocycles. The van der Waals surface area contributed by atoms with E-state index in [1.165, 1.54) is 6.07 Å². The first kappa shape index (κ1) is 18.3. The molecule has 1 aromatic carbocycles. The van der Waals surface area contributed by atoms with E-state index in [1.54, 1.807) is 30.9 Å². The molecule has 4 aromatic rings. The van der Waals surface area contributed by atoms with Crippen LogP contribution in [0.4, 0.5) is 17.6 Å². The van der Waals surface area contributed by atoms with Crippen LogP contribution in [0.5, 0.6) is 0 Å². The fourth-order valence-corrected chi connectivity index (χ4v) is 3.42. The lowest BCUT2D eigenvalue weighted by molar-refractivity contribution is 0.482. The summed E-state index contributed by atoms with van der Waals surface area (Å²) >= 11 is 0. The van der Waals surface area contributed by atoms with E-state index < -0.39 is 23.4 Å². The number of nitrogens with zero attached hydrogens (tertiary/aromatic N) is 6. The van der Waals surface area contributed by atoms with Gasteiger partial charge < -0.3 is 0 Å². The Hall–Kier alpha value is -3.69. The maximum absolute atomic E-state index is 14.2. The van der Waals surface area contributed by atoms with E-state index >= 15 is 0 Å². The molecule has 0 amide bonds. The van der Waals surface area contributed by atoms with Gasteiger partial charge in [-0.25, -0.2) is 37.8 Å². The van der Waals surface area contributed by atoms with Crippen LogP contribution in [-0.4, -0.2) is 29.7 Å². The Morgan fingerprint density at radius 1 is 0.800 bits per heavy atom. The van der Waals surface area contributed by atoms with E-state index in [-0.39, 0.29) is 17.5 Å². The van der Waals surface area contributed by atoms with Gasteiger partial charge in [0.1, 0.15) is 5.69 Å². The molecule has 0 aliphatic heterocycles. The predicted octanol–water partition coefficient (Wildman–Crippen LogP) is 3.95. The number of benzene rings is 1. The van der Waals surface area contributed by atoms with Crippen molar-refractivity contribution in [1.29, 1.82) is 0 Å². The van der Waals surface area contributed by atoms with Crippen molar-refractivity contribution < 1.29 is 17.6 Å². The van der Waals surface area contributed by atoms with Crippen LogP contribution in [-0.2, 0) is 0 Å². The zero-order chi connectivity index (χ0) is 20.8. The second kappa shape index (κ2) is 6.97. The number of hydrogen-bond acceptors (Lipinski definition) is 5. The topological polar surface area (TPSA) is 69.4 Å². The van der Waals surface area contributed by atoms with Gasteiger partial charge in [0.15, 0.2) is 29.1 Å². The average Bonchev–Trinajstić information content (AvgIpc) is 3.50. The van der Waals surface area contributed by atoms with Crippen LogP contribution in [0, 0.1) is 23.4 Å². The molecule has 5 rings (SSSR count). The Labute approximate surface area is 167 Å². The summed E-state index contributed by atoms with van der Waals surface area (Å²) < 4.78 is 55.5. The Balaban J connectivity index is 1.41. The normalized spacial score (nSPS) is 17.9. The molecule has 10 heteroatoms. The van der Waals surface area contributed by atoms with Crippen LogP contribution in [0.2, 0.25) is 0 Å². The highest BCUT2D eigenvalue weighted by atomic mass is 19.2. The van der Waals surface area contributed by atoms with Crippen molar-refractivity contribution in [3.63, 3.8) is 0 Å². The Morgan fingerprint density at radius 3 is 2.13 bits per heavy atom. The molecule has 3 heterocycles. The molecule has 0 saturated heterocycles. The number of rotatable bonds is 4. The molecule has 30 heavy (non-hydrogen) atoms. The Bertz CT molecular complexity index is 1210. The van der Waals surface area contributed by atoms with E-state index in [2.05, 4.69) is 25.0 Å². The lowest BCUT2D eigenvalue weighted by Gasteiger charge is -2.08. The van der Waals surface area contributed by atoms with Crippen molar-refractivity contribution in [2.75, 3.05) is 0 Å². The van der Waals surface area contributed by atoms with Crippen molar-refractivity contribution in [2.24, 2.45) is 0 Å². The minimum absolute atomic E-state index is 0.0135. The Morgan fingerprint density at radius 2 is 1.47 bits per heavy atom. The number of aromatic nitrogens is 6. The number of hydrogen-bond donors (Lipinski definition) is 0. The van der Waals surface area contributed by atoms with Gasteiger partial charge in [-0.1, -0.05) is 0 Å². The highest BCUT2D eigenvalue weighted by Crippen LogP contribution is 2.54. The molecule has 150 valence electrons. The molecule has 0 spiro atoms. The van der Waals surface area contributed by atoms with Crippen molar-refractivity contribution in [3.8, 4) is 17.3 Å². The molecule has 6 nitrogen and oxygen atoms in total. The second-order valence-electron chi connectivity index (χ2n) is 6.91. The summed E-state index contributed by atoms with van der Waals surface area (Å²) in [4.78, 5) is 16.7. The standard InChI is InChI=1S/C20H12F4N6/c21-14-4-10(5-16(17(14)23)30-9-15(22)18(24)29-30)12-6-13(12)11-7-27-20(28-8-11)19-25-2-1-3-26-19/h1-5,7-9,12-13H,6H2. The summed E-state index contributed by atoms with van der Waals surface area (Å²) in [5.74, 6) is -4.28. The molecule has 1 saturated carbocycles. The molecule has 1 fully saturated rings. The van der Waals surface area contributed by atoms with Crippen molar-refractivity contribution in [2.45, 2.75) is 18.3 Å². The van der Waals surface area contributed by atoms with Gasteiger partial charge in [0.2, 0.25) is 0 Å². The van der Waals surface area contributed by atoms with E-state index in [4.69, 9.17) is 0 Å². The quantitative estimate of drug-likeness (QED) is 0.475. The molecule has 3 aromatic heterocycles. The SMILES string of the molecule is Fc1cn(-c2cc(C3CC3c3cnc(-c4ncccn4)nc3)cc(F)c2F)nc1F. The molecular weight excluding hydrogens is 400 g/mol. The fraction of sp³-hybridized carbons (Fsp3) is 0.150. The van der Waals surface area contributed by atoms with Crippen molar-refractivity contribution in [3.05, 3.63) is 83.7 Å². The Kier molecular flexibility index (Phi) is 4.27. The van der Waals surface area contributed by atoms with Gasteiger partial charge in [0.05, 0.1) is 6.20 Å². The van der Waals surface area contributed by atoms with Crippen LogP contribution in [0.1, 0.15) is 29.4 Å². The first-order valence-electron chi connectivity index (χ1n) is 9.00. The van der Waals surface area contributed by atoms with Gasteiger partial charge in [-0.3, -0.25) is 0 Å². The average molecular weight is 412 g/mol. The monoisotopic (exact) mass is 412 g/mol. The summed E-state index contributed by atoms with van der Waals surface area (Å²) in [6.07, 6.45) is 7.84. The summed E-state index contributed by atoms with van der Waals surface area (Å²) in [6, 6.07) is 4.13. The van der Waals surface area contributed by atoms with Gasteiger partial charge in [0, 0.05) is 24.8 Å². The van der Waals surface area contributed by atoms with Crippen LogP contribution in [0.15, 0.2) is 49.2 Å². The maximum atomic E-state index is 14.2. The van der Waals surface area contributed by atoms with Crippen LogP contribution in [0.3, 0.4) is 0 Å². The molecule has 0 radical (unpaired) electrons. The second-order valence-corrected chi connectivity index (χ2v) is 6.91. The smallest absolute Gasteiger partial charge is 0.234 e. The molecular formula is C20H12F4N6. The minimum Gasteiger partial charge on any atom is -0.234 e. The van der Waals surface area contributed by atoms with Gasteiger partial charge in [-0.2, -0.15) is 4.39 Å². The van der Waals surface area contributed by atoms with Gasteiger partial charge in [-0.05, 0) is 47.6 Å². The zero-order valence-corrected chi connectivity index (χ0v) is 15.2. The van der Waals surface area contributed by atoms with E-state index in [9.17, 15) is 17.6 Å². The highest BCUT2D eigenvalue weighted by Gasteiger charge is 2.41. The summed E-state index contributed by atoms with van der Waals surface area (Å²) in [5, 5.41) is 3.26. The zero-order valence-electron chi connectivity index (χ0n) is 15.2. The van der Waals surface area contributed by atoms with E-state index in [0.717, 1.165) is 11.6 Å². The highest BCUT2D eigenvalue weighted by molar-refractivity contribution is 5.45. The summed E-state index contributed by atoms with van der Waals surface area (Å²) in [5.41, 5.74) is 0.981. The predicted molar refractivity (Wildman–Crippen MR) is 96.6 cm³/mol. The molecule has 2 unspecified atom stereocenters. The largest absolute Gasteiger partial charge is 0.268 e.